The molecule has 0 aliphatic carbocycles. The molecule has 0 aliphatic rings. The van der Waals surface area contributed by atoms with Crippen LogP contribution in [0, 0.1) is 6.92 Å². The van der Waals surface area contributed by atoms with Gasteiger partial charge in [0.25, 0.3) is 5.91 Å². The van der Waals surface area contributed by atoms with Crippen LogP contribution in [-0.4, -0.2) is 37.1 Å². The highest BCUT2D eigenvalue weighted by Gasteiger charge is 2.20. The Labute approximate surface area is 225 Å². The molecule has 5 rings (SSSR count). The molecule has 8 heteroatoms. The van der Waals surface area contributed by atoms with Gasteiger partial charge in [0, 0.05) is 24.2 Å². The van der Waals surface area contributed by atoms with Crippen molar-refractivity contribution >= 4 is 29.0 Å². The molecule has 0 aliphatic heterocycles. The van der Waals surface area contributed by atoms with E-state index in [0.717, 1.165) is 33.7 Å². The molecule has 0 radical (unpaired) electrons. The lowest BCUT2D eigenvalue weighted by Crippen LogP contribution is -2.32. The van der Waals surface area contributed by atoms with Crippen LogP contribution >= 0.6 is 23.1 Å². The van der Waals surface area contributed by atoms with Crippen molar-refractivity contribution in [1.82, 2.24) is 24.6 Å². The highest BCUT2D eigenvalue weighted by Crippen LogP contribution is 2.26. The number of hydrogen-bond acceptors (Lipinski definition) is 6. The molecule has 0 bridgehead atoms. The maximum atomic E-state index is 13.5. The van der Waals surface area contributed by atoms with Gasteiger partial charge >= 0.3 is 0 Å². The van der Waals surface area contributed by atoms with Gasteiger partial charge in [0.05, 0.1) is 5.75 Å². The summed E-state index contributed by atoms with van der Waals surface area (Å²) < 4.78 is 2.04. The van der Waals surface area contributed by atoms with E-state index in [2.05, 4.69) is 34.5 Å². The molecule has 0 saturated carbocycles. The van der Waals surface area contributed by atoms with Crippen LogP contribution in [0.3, 0.4) is 0 Å². The fourth-order valence-corrected chi connectivity index (χ4v) is 5.82. The monoisotopic (exact) mass is 525 g/mol. The van der Waals surface area contributed by atoms with Gasteiger partial charge in [-0.2, -0.15) is 0 Å². The average Bonchev–Trinajstić information content (AvgIpc) is 3.57. The first-order valence-electron chi connectivity index (χ1n) is 12.1. The second-order valence-corrected chi connectivity index (χ2v) is 10.4. The van der Waals surface area contributed by atoms with Crippen LogP contribution in [0.2, 0.25) is 0 Å². The van der Waals surface area contributed by atoms with E-state index in [-0.39, 0.29) is 5.91 Å². The number of aryl methyl sites for hydroxylation is 1. The molecule has 0 saturated heterocycles. The summed E-state index contributed by atoms with van der Waals surface area (Å²) in [5.74, 6) is 1.40. The van der Waals surface area contributed by atoms with Crippen molar-refractivity contribution in [2.24, 2.45) is 0 Å². The van der Waals surface area contributed by atoms with E-state index in [1.54, 1.807) is 11.8 Å². The molecule has 37 heavy (non-hydrogen) atoms. The maximum Gasteiger partial charge on any atom is 0.273 e. The summed E-state index contributed by atoms with van der Waals surface area (Å²) in [5, 5.41) is 12.2. The molecule has 0 N–H and O–H groups in total. The molecule has 0 atom stereocenters. The minimum absolute atomic E-state index is 0.0458. The highest BCUT2D eigenvalue weighted by molar-refractivity contribution is 7.98. The Morgan fingerprint density at radius 2 is 1.54 bits per heavy atom. The number of amides is 1. The maximum absolute atomic E-state index is 13.5. The van der Waals surface area contributed by atoms with Crippen molar-refractivity contribution < 1.29 is 4.79 Å². The van der Waals surface area contributed by atoms with E-state index in [1.165, 1.54) is 16.9 Å². The van der Waals surface area contributed by atoms with Gasteiger partial charge in [-0.25, -0.2) is 4.98 Å². The highest BCUT2D eigenvalue weighted by atomic mass is 32.2. The number of carbonyl (C=O) groups excluding carboxylic acids is 1. The Bertz CT molecular complexity index is 1440. The molecule has 0 spiro atoms. The molecule has 6 nitrogen and oxygen atoms in total. The molecule has 0 unspecified atom stereocenters. The van der Waals surface area contributed by atoms with E-state index in [1.807, 2.05) is 88.5 Å². The van der Waals surface area contributed by atoms with Gasteiger partial charge in [0.2, 0.25) is 0 Å². The SMILES string of the molecule is Cc1nnc(SCc2nc(C(=O)N(CCc3ccccc3)Cc3ccccc3)cs2)n1-c1ccccc1. The van der Waals surface area contributed by atoms with E-state index in [0.29, 0.717) is 24.5 Å². The Hall–Kier alpha value is -3.75. The summed E-state index contributed by atoms with van der Waals surface area (Å²) in [6.45, 7) is 3.12. The fourth-order valence-electron chi connectivity index (χ4n) is 4.04. The van der Waals surface area contributed by atoms with Gasteiger partial charge in [-0.3, -0.25) is 9.36 Å². The normalized spacial score (nSPS) is 10.9. The van der Waals surface area contributed by atoms with Crippen molar-refractivity contribution in [3.63, 3.8) is 0 Å². The van der Waals surface area contributed by atoms with Gasteiger partial charge in [-0.15, -0.1) is 21.5 Å². The smallest absolute Gasteiger partial charge is 0.273 e. The molecule has 186 valence electrons. The summed E-state index contributed by atoms with van der Waals surface area (Å²) in [6, 6.07) is 30.4. The number of nitrogens with zero attached hydrogens (tertiary/aromatic N) is 5. The van der Waals surface area contributed by atoms with E-state index < -0.39 is 0 Å². The Morgan fingerprint density at radius 3 is 2.24 bits per heavy atom. The number of aromatic nitrogens is 4. The third-order valence-corrected chi connectivity index (χ3v) is 7.89. The molecule has 2 aromatic heterocycles. The van der Waals surface area contributed by atoms with Crippen molar-refractivity contribution in [3.8, 4) is 5.69 Å². The first kappa shape index (κ1) is 24.9. The topological polar surface area (TPSA) is 63.9 Å². The molecule has 1 amide bonds. The van der Waals surface area contributed by atoms with Gasteiger partial charge < -0.3 is 4.90 Å². The van der Waals surface area contributed by atoms with Crippen LogP contribution in [0.25, 0.3) is 5.69 Å². The van der Waals surface area contributed by atoms with E-state index in [9.17, 15) is 4.79 Å². The number of para-hydroxylation sites is 1. The lowest BCUT2D eigenvalue weighted by atomic mass is 10.1. The predicted octanol–water partition coefficient (Wildman–Crippen LogP) is 6.21. The summed E-state index contributed by atoms with van der Waals surface area (Å²) in [6.07, 6.45) is 0.792. The van der Waals surface area contributed by atoms with Gasteiger partial charge in [-0.1, -0.05) is 90.6 Å². The van der Waals surface area contributed by atoms with Crippen LogP contribution < -0.4 is 0 Å². The lowest BCUT2D eigenvalue weighted by Gasteiger charge is -2.22. The quantitative estimate of drug-likeness (QED) is 0.203. The summed E-state index contributed by atoms with van der Waals surface area (Å²) >= 11 is 3.08. The minimum atomic E-state index is -0.0458. The lowest BCUT2D eigenvalue weighted by molar-refractivity contribution is 0.0740. The van der Waals surface area contributed by atoms with E-state index in [4.69, 9.17) is 4.98 Å². The zero-order valence-corrected chi connectivity index (χ0v) is 22.2. The number of thioether (sulfide) groups is 1. The van der Waals surface area contributed by atoms with Crippen molar-refractivity contribution in [2.45, 2.75) is 30.8 Å². The summed E-state index contributed by atoms with van der Waals surface area (Å²) in [4.78, 5) is 20.1. The second-order valence-electron chi connectivity index (χ2n) is 8.56. The molecule has 3 aromatic carbocycles. The minimum Gasteiger partial charge on any atom is -0.333 e. The Morgan fingerprint density at radius 1 is 0.892 bits per heavy atom. The van der Waals surface area contributed by atoms with Gasteiger partial charge in [0.15, 0.2) is 5.16 Å². The largest absolute Gasteiger partial charge is 0.333 e. The summed E-state index contributed by atoms with van der Waals surface area (Å²) in [5.41, 5.74) is 3.83. The first-order valence-corrected chi connectivity index (χ1v) is 14.0. The molecular formula is C29H27N5OS2. The third kappa shape index (κ3) is 6.34. The fraction of sp³-hybridized carbons (Fsp3) is 0.172. The van der Waals surface area contributed by atoms with Crippen LogP contribution in [-0.2, 0) is 18.7 Å². The predicted molar refractivity (Wildman–Crippen MR) is 149 cm³/mol. The zero-order valence-electron chi connectivity index (χ0n) is 20.5. The van der Waals surface area contributed by atoms with Gasteiger partial charge in [-0.05, 0) is 36.6 Å². The number of hydrogen-bond donors (Lipinski definition) is 0. The van der Waals surface area contributed by atoms with Crippen LogP contribution in [0.15, 0.2) is 102 Å². The van der Waals surface area contributed by atoms with Gasteiger partial charge in [0.1, 0.15) is 16.5 Å². The van der Waals surface area contributed by atoms with Crippen LogP contribution in [0.5, 0.6) is 0 Å². The molecule has 5 aromatic rings. The van der Waals surface area contributed by atoms with Crippen molar-refractivity contribution in [1.29, 1.82) is 0 Å². The average molecular weight is 526 g/mol. The Kier molecular flexibility index (Phi) is 8.08. The van der Waals surface area contributed by atoms with Crippen LogP contribution in [0.4, 0.5) is 0 Å². The summed E-state index contributed by atoms with van der Waals surface area (Å²) in [7, 11) is 0. The standard InChI is InChI=1S/C29H27N5OS2/c1-22-31-32-29(34(22)25-15-9-4-10-16-25)37-21-27-30-26(20-36-27)28(35)33(19-24-13-7-3-8-14-24)18-17-23-11-5-2-6-12-23/h2-16,20H,17-19,21H2,1H3. The zero-order chi connectivity index (χ0) is 25.5. The number of rotatable bonds is 10. The van der Waals surface area contributed by atoms with Crippen molar-refractivity contribution in [2.75, 3.05) is 6.54 Å². The first-order chi connectivity index (χ1) is 18.2. The molecule has 2 heterocycles. The molecular weight excluding hydrogens is 498 g/mol. The number of carbonyl (C=O) groups is 1. The third-order valence-electron chi connectivity index (χ3n) is 5.92. The van der Waals surface area contributed by atoms with Crippen LogP contribution in [0.1, 0.15) is 32.4 Å². The Balaban J connectivity index is 1.28. The molecule has 0 fully saturated rings. The second kappa shape index (κ2) is 12.0. The number of benzene rings is 3. The number of thiazole rings is 1. The van der Waals surface area contributed by atoms with Crippen molar-refractivity contribution in [3.05, 3.63) is 124 Å². The van der Waals surface area contributed by atoms with E-state index >= 15 is 0 Å².